The zero-order valence-corrected chi connectivity index (χ0v) is 13.6. The molecule has 2 aromatic rings. The number of pyridine rings is 1. The molecule has 1 atom stereocenters. The predicted octanol–water partition coefficient (Wildman–Crippen LogP) is 3.25. The molecule has 4 heteroatoms. The van der Waals surface area contributed by atoms with Gasteiger partial charge >= 0.3 is 0 Å². The van der Waals surface area contributed by atoms with E-state index in [1.165, 1.54) is 5.56 Å². The minimum absolute atomic E-state index is 0.00128. The van der Waals surface area contributed by atoms with Crippen molar-refractivity contribution in [3.63, 3.8) is 0 Å². The molecule has 2 N–H and O–H groups in total. The van der Waals surface area contributed by atoms with E-state index in [0.29, 0.717) is 11.5 Å². The van der Waals surface area contributed by atoms with Gasteiger partial charge < -0.3 is 10.3 Å². The molecule has 0 radical (unpaired) electrons. The normalized spacial score (nSPS) is 12.5. The Morgan fingerprint density at radius 1 is 1.27 bits per heavy atom. The summed E-state index contributed by atoms with van der Waals surface area (Å²) in [4.78, 5) is 12.5. The van der Waals surface area contributed by atoms with E-state index in [0.717, 1.165) is 11.1 Å². The summed E-state index contributed by atoms with van der Waals surface area (Å²) in [5.74, 6) is 0.00128. The fraction of sp³-hybridized carbons (Fsp3) is 0.222. The summed E-state index contributed by atoms with van der Waals surface area (Å²) >= 11 is 4.94. The molecular formula is C18H20N2OS. The number of hydrogen-bond donors (Lipinski definition) is 1. The van der Waals surface area contributed by atoms with Crippen molar-refractivity contribution in [3.05, 3.63) is 69.6 Å². The molecule has 22 heavy (non-hydrogen) atoms. The van der Waals surface area contributed by atoms with Gasteiger partial charge in [0.05, 0.1) is 4.99 Å². The maximum Gasteiger partial charge on any atom is 0.251 e. The van der Waals surface area contributed by atoms with Crippen LogP contribution in [0.4, 0.5) is 0 Å². The number of nitrogens with zero attached hydrogens (tertiary/aromatic N) is 1. The molecule has 0 bridgehead atoms. The van der Waals surface area contributed by atoms with Crippen molar-refractivity contribution in [2.45, 2.75) is 20.4 Å². The Morgan fingerprint density at radius 2 is 1.95 bits per heavy atom. The molecule has 0 saturated heterocycles. The van der Waals surface area contributed by atoms with Crippen LogP contribution in [0, 0.1) is 12.8 Å². The molecule has 1 aromatic heterocycles. The topological polar surface area (TPSA) is 48.0 Å². The van der Waals surface area contributed by atoms with Gasteiger partial charge in [0.2, 0.25) is 0 Å². The molecular weight excluding hydrogens is 292 g/mol. The first-order valence-corrected chi connectivity index (χ1v) is 7.61. The highest BCUT2D eigenvalue weighted by Gasteiger charge is 2.07. The van der Waals surface area contributed by atoms with Crippen LogP contribution < -0.4 is 11.3 Å². The lowest BCUT2D eigenvalue weighted by Gasteiger charge is -2.11. The van der Waals surface area contributed by atoms with Crippen molar-refractivity contribution in [3.8, 4) is 0 Å². The smallest absolute Gasteiger partial charge is 0.251 e. The number of nitrogens with two attached hydrogens (primary N) is 1. The number of benzene rings is 1. The molecule has 0 aliphatic rings. The Balaban J connectivity index is 2.16. The summed E-state index contributed by atoms with van der Waals surface area (Å²) < 4.78 is 1.63. The highest BCUT2D eigenvalue weighted by Crippen LogP contribution is 2.09. The Kier molecular flexibility index (Phi) is 5.28. The maximum atomic E-state index is 12.1. The summed E-state index contributed by atoms with van der Waals surface area (Å²) in [6.07, 6.45) is 5.73. The second-order valence-electron chi connectivity index (χ2n) is 5.50. The van der Waals surface area contributed by atoms with Crippen LogP contribution in [0.25, 0.3) is 12.2 Å². The van der Waals surface area contributed by atoms with Gasteiger partial charge in [-0.15, -0.1) is 0 Å². The molecule has 2 rings (SSSR count). The third-order valence-electron chi connectivity index (χ3n) is 3.49. The first-order valence-electron chi connectivity index (χ1n) is 7.20. The largest absolute Gasteiger partial charge is 0.393 e. The molecule has 0 fully saturated rings. The van der Waals surface area contributed by atoms with Crippen molar-refractivity contribution in [2.75, 3.05) is 0 Å². The van der Waals surface area contributed by atoms with Crippen LogP contribution in [0.5, 0.6) is 0 Å². The minimum atomic E-state index is -0.0468. The molecule has 3 nitrogen and oxygen atoms in total. The van der Waals surface area contributed by atoms with Crippen LogP contribution in [-0.2, 0) is 6.54 Å². The van der Waals surface area contributed by atoms with E-state index in [2.05, 4.69) is 19.1 Å². The molecule has 0 aliphatic carbocycles. The highest BCUT2D eigenvalue weighted by atomic mass is 32.1. The van der Waals surface area contributed by atoms with Crippen molar-refractivity contribution in [1.29, 1.82) is 0 Å². The molecule has 0 saturated carbocycles. The SMILES string of the molecule is Cc1cccc(/C=C/c2ccn(CC(C)C(N)=S)c(=O)c2)c1. The summed E-state index contributed by atoms with van der Waals surface area (Å²) in [6, 6.07) is 11.8. The summed E-state index contributed by atoms with van der Waals surface area (Å²) in [6.45, 7) is 4.48. The number of aromatic nitrogens is 1. The highest BCUT2D eigenvalue weighted by molar-refractivity contribution is 7.80. The molecule has 0 aliphatic heterocycles. The lowest BCUT2D eigenvalue weighted by Crippen LogP contribution is -2.28. The van der Waals surface area contributed by atoms with Crippen LogP contribution in [0.15, 0.2) is 47.4 Å². The Labute approximate surface area is 136 Å². The third kappa shape index (κ3) is 4.40. The number of aryl methyl sites for hydroxylation is 1. The fourth-order valence-electron chi connectivity index (χ4n) is 2.13. The summed E-state index contributed by atoms with van der Waals surface area (Å²) in [5.41, 5.74) is 8.76. The van der Waals surface area contributed by atoms with Crippen molar-refractivity contribution < 1.29 is 0 Å². The van der Waals surface area contributed by atoms with Gasteiger partial charge in [-0.25, -0.2) is 0 Å². The molecule has 1 aromatic carbocycles. The number of thiocarbonyl (C=S) groups is 1. The first-order chi connectivity index (χ1) is 10.5. The Hall–Kier alpha value is -2.20. The van der Waals surface area contributed by atoms with E-state index in [1.807, 2.05) is 37.3 Å². The van der Waals surface area contributed by atoms with Gasteiger partial charge in [-0.05, 0) is 24.1 Å². The van der Waals surface area contributed by atoms with Gasteiger partial charge in [0, 0.05) is 24.7 Å². The van der Waals surface area contributed by atoms with Crippen molar-refractivity contribution in [1.82, 2.24) is 4.57 Å². The van der Waals surface area contributed by atoms with E-state index in [1.54, 1.807) is 16.8 Å². The van der Waals surface area contributed by atoms with Crippen LogP contribution in [0.2, 0.25) is 0 Å². The van der Waals surface area contributed by atoms with Gasteiger partial charge in [0.15, 0.2) is 0 Å². The molecule has 114 valence electrons. The second kappa shape index (κ2) is 7.18. The number of rotatable bonds is 5. The lowest BCUT2D eigenvalue weighted by molar-refractivity contribution is 0.581. The van der Waals surface area contributed by atoms with E-state index in [-0.39, 0.29) is 11.5 Å². The first kappa shape index (κ1) is 16.2. The summed E-state index contributed by atoms with van der Waals surface area (Å²) in [5, 5.41) is 0. The van der Waals surface area contributed by atoms with E-state index >= 15 is 0 Å². The Morgan fingerprint density at radius 3 is 2.55 bits per heavy atom. The van der Waals surface area contributed by atoms with Crippen molar-refractivity contribution >= 4 is 29.4 Å². The van der Waals surface area contributed by atoms with Gasteiger partial charge in [-0.2, -0.15) is 0 Å². The van der Waals surface area contributed by atoms with Gasteiger partial charge in [-0.1, -0.05) is 61.1 Å². The standard InChI is InChI=1S/C18H20N2OS/c1-13-4-3-5-15(10-13)6-7-16-8-9-20(17(21)11-16)12-14(2)18(19)22/h3-11,14H,12H2,1-2H3,(H2,19,22)/b7-6+. The average Bonchev–Trinajstić information content (AvgIpc) is 2.47. The second-order valence-corrected chi connectivity index (χ2v) is 5.97. The zero-order valence-electron chi connectivity index (χ0n) is 12.8. The van der Waals surface area contributed by atoms with Crippen molar-refractivity contribution in [2.24, 2.45) is 11.7 Å². The molecule has 0 amide bonds. The van der Waals surface area contributed by atoms with E-state index in [4.69, 9.17) is 18.0 Å². The molecule has 1 heterocycles. The monoisotopic (exact) mass is 312 g/mol. The Bertz CT molecular complexity index is 762. The van der Waals surface area contributed by atoms with Crippen LogP contribution in [0.3, 0.4) is 0 Å². The summed E-state index contributed by atoms with van der Waals surface area (Å²) in [7, 11) is 0. The predicted molar refractivity (Wildman–Crippen MR) is 96.8 cm³/mol. The molecule has 1 unspecified atom stereocenters. The quantitative estimate of drug-likeness (QED) is 0.862. The van der Waals surface area contributed by atoms with E-state index in [9.17, 15) is 4.79 Å². The van der Waals surface area contributed by atoms with Crippen LogP contribution in [0.1, 0.15) is 23.6 Å². The minimum Gasteiger partial charge on any atom is -0.393 e. The lowest BCUT2D eigenvalue weighted by atomic mass is 10.1. The van der Waals surface area contributed by atoms with Gasteiger partial charge in [0.1, 0.15) is 0 Å². The third-order valence-corrected chi connectivity index (χ3v) is 3.89. The van der Waals surface area contributed by atoms with E-state index < -0.39 is 0 Å². The van der Waals surface area contributed by atoms with Crippen LogP contribution in [-0.4, -0.2) is 9.56 Å². The number of hydrogen-bond acceptors (Lipinski definition) is 2. The van der Waals surface area contributed by atoms with Gasteiger partial charge in [-0.3, -0.25) is 4.79 Å². The van der Waals surface area contributed by atoms with Gasteiger partial charge in [0.25, 0.3) is 5.56 Å². The fourth-order valence-corrected chi connectivity index (χ4v) is 2.20. The average molecular weight is 312 g/mol. The zero-order chi connectivity index (χ0) is 16.1. The van der Waals surface area contributed by atoms with Crippen LogP contribution >= 0.6 is 12.2 Å². The molecule has 0 spiro atoms. The maximum absolute atomic E-state index is 12.1.